The standard InChI is InChI=1S/C15H13ClFNO.C12H15FO.C12H23NO2/c1-15(9-5-3-2-4-6-9)14(18)10-7-11(16)12(17)8-13(10)19-15;1-8-4-6-11(7-5-9(2)14)12(13)10(8)3;1-9-5-7-10(8-6-9)13-11(14)15-12(2,3)4/h2-8,14H,18H2,1H3;4,6H,5,7H2,1-3H3;9-10H,5-8H2,1-4H3,(H,13,14)/t14-,15+;;/m0../s1. The Morgan fingerprint density at radius 3 is 2.25 bits per heavy atom. The highest BCUT2D eigenvalue weighted by molar-refractivity contribution is 6.30. The number of hydrogen-bond donors (Lipinski definition) is 2. The van der Waals surface area contributed by atoms with Crippen molar-refractivity contribution in [2.24, 2.45) is 11.7 Å². The fourth-order valence-corrected chi connectivity index (χ4v) is 5.86. The van der Waals surface area contributed by atoms with Crippen LogP contribution in [0.1, 0.15) is 108 Å². The molecule has 3 N–H and O–H groups in total. The quantitative estimate of drug-likeness (QED) is 0.279. The number of carbonyl (C=O) groups is 2. The van der Waals surface area contributed by atoms with Crippen LogP contribution in [0.25, 0.3) is 0 Å². The van der Waals surface area contributed by atoms with Gasteiger partial charge in [-0.25, -0.2) is 13.6 Å². The second kappa shape index (κ2) is 16.8. The summed E-state index contributed by atoms with van der Waals surface area (Å²) in [6.07, 6.45) is 5.23. The van der Waals surface area contributed by atoms with E-state index in [1.54, 1.807) is 19.1 Å². The maximum Gasteiger partial charge on any atom is 0.407 e. The van der Waals surface area contributed by atoms with E-state index in [0.717, 1.165) is 35.4 Å². The minimum Gasteiger partial charge on any atom is -0.480 e. The molecule has 48 heavy (non-hydrogen) atoms. The summed E-state index contributed by atoms with van der Waals surface area (Å²) in [7, 11) is 0. The van der Waals surface area contributed by atoms with E-state index in [9.17, 15) is 18.4 Å². The topological polar surface area (TPSA) is 90.7 Å². The summed E-state index contributed by atoms with van der Waals surface area (Å²) >= 11 is 5.81. The van der Waals surface area contributed by atoms with Crippen LogP contribution in [0.4, 0.5) is 13.6 Å². The molecule has 0 saturated heterocycles. The molecule has 9 heteroatoms. The molecule has 0 bridgehead atoms. The van der Waals surface area contributed by atoms with E-state index in [2.05, 4.69) is 12.2 Å². The third-order valence-corrected chi connectivity index (χ3v) is 9.16. The number of nitrogens with two attached hydrogens (primary N) is 1. The Bertz CT molecular complexity index is 1550. The fraction of sp³-hybridized carbons (Fsp3) is 0.487. The van der Waals surface area contributed by atoms with Gasteiger partial charge >= 0.3 is 6.09 Å². The molecule has 1 amide bonds. The summed E-state index contributed by atoms with van der Waals surface area (Å²) in [6, 6.07) is 16.1. The number of halogens is 3. The predicted octanol–water partition coefficient (Wildman–Crippen LogP) is 9.84. The minimum atomic E-state index is -0.708. The van der Waals surface area contributed by atoms with Gasteiger partial charge in [-0.3, -0.25) is 0 Å². The molecule has 0 spiro atoms. The van der Waals surface area contributed by atoms with Crippen molar-refractivity contribution in [1.29, 1.82) is 0 Å². The molecule has 1 aliphatic carbocycles. The SMILES string of the molecule is CC(=O)CCc1ccc(C)c(C)c1F.CC1CCC(NC(=O)OC(C)(C)C)CC1.C[C@]1(c2ccccc2)Oc2cc(F)c(Cl)cc2[C@@H]1N. The van der Waals surface area contributed by atoms with E-state index < -0.39 is 17.0 Å². The highest BCUT2D eigenvalue weighted by Gasteiger charge is 2.44. The van der Waals surface area contributed by atoms with E-state index in [1.807, 2.05) is 71.0 Å². The van der Waals surface area contributed by atoms with E-state index in [-0.39, 0.29) is 28.8 Å². The van der Waals surface area contributed by atoms with Gasteiger partial charge in [-0.1, -0.05) is 61.0 Å². The van der Waals surface area contributed by atoms with Gasteiger partial charge in [-0.15, -0.1) is 0 Å². The number of ether oxygens (including phenoxy) is 2. The smallest absolute Gasteiger partial charge is 0.407 e. The first-order valence-corrected chi connectivity index (χ1v) is 17.0. The molecule has 262 valence electrons. The van der Waals surface area contributed by atoms with Gasteiger partial charge in [-0.05, 0) is 115 Å². The number of hydrogen-bond acceptors (Lipinski definition) is 5. The van der Waals surface area contributed by atoms with Gasteiger partial charge in [0.25, 0.3) is 0 Å². The van der Waals surface area contributed by atoms with Crippen molar-refractivity contribution >= 4 is 23.5 Å². The maximum atomic E-state index is 13.6. The molecule has 3 aromatic rings. The maximum absolute atomic E-state index is 13.6. The van der Waals surface area contributed by atoms with Gasteiger partial charge in [-0.2, -0.15) is 0 Å². The van der Waals surface area contributed by atoms with Crippen LogP contribution in [0.3, 0.4) is 0 Å². The van der Waals surface area contributed by atoms with Crippen LogP contribution in [0, 0.1) is 31.4 Å². The molecular weight excluding hydrogens is 634 g/mol. The van der Waals surface area contributed by atoms with Crippen molar-refractivity contribution in [1.82, 2.24) is 5.32 Å². The molecule has 2 aliphatic rings. The highest BCUT2D eigenvalue weighted by Crippen LogP contribution is 2.48. The molecule has 1 saturated carbocycles. The molecule has 3 aromatic carbocycles. The summed E-state index contributed by atoms with van der Waals surface area (Å²) in [5.41, 5.74) is 9.13. The van der Waals surface area contributed by atoms with Gasteiger partial charge < -0.3 is 25.3 Å². The number of benzene rings is 3. The zero-order valence-corrected chi connectivity index (χ0v) is 30.3. The average molecular weight is 685 g/mol. The Morgan fingerprint density at radius 2 is 1.67 bits per heavy atom. The number of carbonyl (C=O) groups excluding carboxylic acids is 2. The molecule has 0 unspecified atom stereocenters. The summed E-state index contributed by atoms with van der Waals surface area (Å²) in [4.78, 5) is 22.2. The zero-order valence-electron chi connectivity index (χ0n) is 29.5. The molecule has 1 heterocycles. The third-order valence-electron chi connectivity index (χ3n) is 8.87. The molecule has 1 aliphatic heterocycles. The van der Waals surface area contributed by atoms with Crippen LogP contribution in [0.15, 0.2) is 54.6 Å². The normalized spacial score (nSPS) is 21.4. The lowest BCUT2D eigenvalue weighted by Crippen LogP contribution is -2.40. The van der Waals surface area contributed by atoms with Crippen LogP contribution in [0.5, 0.6) is 5.75 Å². The first-order valence-electron chi connectivity index (χ1n) is 16.6. The van der Waals surface area contributed by atoms with Crippen molar-refractivity contribution in [2.45, 2.75) is 117 Å². The van der Waals surface area contributed by atoms with Crippen molar-refractivity contribution in [2.75, 3.05) is 0 Å². The largest absolute Gasteiger partial charge is 0.480 e. The number of ketones is 1. The number of fused-ring (bicyclic) bond motifs is 1. The Morgan fingerprint density at radius 1 is 1.04 bits per heavy atom. The summed E-state index contributed by atoms with van der Waals surface area (Å²) in [6.45, 7) is 15.0. The lowest BCUT2D eigenvalue weighted by Gasteiger charge is -2.29. The van der Waals surface area contributed by atoms with E-state index >= 15 is 0 Å². The van der Waals surface area contributed by atoms with Gasteiger partial charge in [0.2, 0.25) is 0 Å². The number of amides is 1. The molecular formula is C39H51ClF2N2O4. The van der Waals surface area contributed by atoms with E-state index in [0.29, 0.717) is 35.8 Å². The zero-order chi connectivity index (χ0) is 35.8. The van der Waals surface area contributed by atoms with Crippen LogP contribution in [-0.2, 0) is 21.6 Å². The number of alkyl carbamates (subject to hydrolysis) is 1. The van der Waals surface area contributed by atoms with Gasteiger partial charge in [0.1, 0.15) is 28.8 Å². The number of nitrogens with one attached hydrogen (secondary N) is 1. The lowest BCUT2D eigenvalue weighted by atomic mass is 9.87. The number of rotatable bonds is 5. The summed E-state index contributed by atoms with van der Waals surface area (Å²) < 4.78 is 38.2. The monoisotopic (exact) mass is 684 g/mol. The van der Waals surface area contributed by atoms with Crippen molar-refractivity contribution in [3.8, 4) is 5.75 Å². The second-order valence-corrected chi connectivity index (χ2v) is 14.5. The first-order chi connectivity index (χ1) is 22.4. The molecule has 2 atom stereocenters. The van der Waals surface area contributed by atoms with Gasteiger partial charge in [0.05, 0.1) is 11.1 Å². The summed E-state index contributed by atoms with van der Waals surface area (Å²) in [5, 5.41) is 3.00. The Labute approximate surface area is 289 Å². The van der Waals surface area contributed by atoms with Crippen LogP contribution < -0.4 is 15.8 Å². The first kappa shape index (κ1) is 39.0. The Kier molecular flexibility index (Phi) is 13.6. The van der Waals surface area contributed by atoms with Crippen molar-refractivity contribution < 1.29 is 27.8 Å². The van der Waals surface area contributed by atoms with Gasteiger partial charge in [0.15, 0.2) is 5.60 Å². The third kappa shape index (κ3) is 10.8. The minimum absolute atomic E-state index is 0.0649. The van der Waals surface area contributed by atoms with Crippen LogP contribution in [-0.4, -0.2) is 23.5 Å². The van der Waals surface area contributed by atoms with E-state index in [4.69, 9.17) is 26.8 Å². The van der Waals surface area contributed by atoms with Crippen LogP contribution in [0.2, 0.25) is 5.02 Å². The molecule has 5 rings (SSSR count). The molecule has 0 radical (unpaired) electrons. The van der Waals surface area contributed by atoms with Crippen molar-refractivity contribution in [3.05, 3.63) is 99.1 Å². The highest BCUT2D eigenvalue weighted by atomic mass is 35.5. The Balaban J connectivity index is 0.000000199. The molecule has 1 fully saturated rings. The second-order valence-electron chi connectivity index (χ2n) is 14.1. The lowest BCUT2D eigenvalue weighted by molar-refractivity contribution is -0.117. The van der Waals surface area contributed by atoms with E-state index in [1.165, 1.54) is 25.8 Å². The average Bonchev–Trinajstić information content (AvgIpc) is 3.26. The molecule has 6 nitrogen and oxygen atoms in total. The predicted molar refractivity (Wildman–Crippen MR) is 188 cm³/mol. The van der Waals surface area contributed by atoms with Crippen molar-refractivity contribution in [3.63, 3.8) is 0 Å². The number of Topliss-reactive ketones (excluding diaryl/α,β-unsaturated/α-hetero) is 1. The van der Waals surface area contributed by atoms with Gasteiger partial charge in [0, 0.05) is 24.1 Å². The molecule has 0 aromatic heterocycles. The fourth-order valence-electron chi connectivity index (χ4n) is 5.69. The summed E-state index contributed by atoms with van der Waals surface area (Å²) in [5.74, 6) is 0.709. The number of aryl methyl sites for hydroxylation is 2. The Hall–Kier alpha value is -3.49. The van der Waals surface area contributed by atoms with Crippen LogP contribution >= 0.6 is 11.6 Å².